The van der Waals surface area contributed by atoms with Gasteiger partial charge < -0.3 is 5.73 Å². The summed E-state index contributed by atoms with van der Waals surface area (Å²) in [5.74, 6) is 0.854. The zero-order chi connectivity index (χ0) is 8.55. The lowest BCUT2D eigenvalue weighted by Crippen LogP contribution is -2.04. The third kappa shape index (κ3) is 1.51. The molecule has 1 heteroatoms. The summed E-state index contributed by atoms with van der Waals surface area (Å²) in [4.78, 5) is 0. The fraction of sp³-hybridized carbons (Fsp3) is 0.455. The van der Waals surface area contributed by atoms with Crippen molar-refractivity contribution in [2.45, 2.75) is 31.7 Å². The molecule has 0 bridgehead atoms. The average Bonchev–Trinajstić information content (AvgIpc) is 2.87. The highest BCUT2D eigenvalue weighted by atomic mass is 14.6. The minimum Gasteiger partial charge on any atom is -0.324 e. The van der Waals surface area contributed by atoms with Crippen LogP contribution < -0.4 is 5.73 Å². The maximum absolute atomic E-state index is 5.76. The van der Waals surface area contributed by atoms with Crippen LogP contribution in [0, 0.1) is 0 Å². The molecule has 1 aliphatic carbocycles. The first kappa shape index (κ1) is 7.81. The van der Waals surface area contributed by atoms with Gasteiger partial charge >= 0.3 is 0 Å². The monoisotopic (exact) mass is 161 g/mol. The van der Waals surface area contributed by atoms with Crippen LogP contribution in [-0.4, -0.2) is 0 Å². The van der Waals surface area contributed by atoms with Crippen molar-refractivity contribution >= 4 is 0 Å². The maximum atomic E-state index is 5.76. The molecule has 2 N–H and O–H groups in total. The van der Waals surface area contributed by atoms with E-state index in [0.29, 0.717) is 0 Å². The molecule has 2 rings (SSSR count). The molecule has 0 heterocycles. The van der Waals surface area contributed by atoms with Crippen molar-refractivity contribution in [1.82, 2.24) is 0 Å². The lowest BCUT2D eigenvalue weighted by atomic mass is 10.0. The third-order valence-corrected chi connectivity index (χ3v) is 2.51. The molecular formula is C11H15N. The van der Waals surface area contributed by atoms with Crippen molar-refractivity contribution in [1.29, 1.82) is 0 Å². The van der Waals surface area contributed by atoms with E-state index >= 15 is 0 Å². The molecule has 0 unspecified atom stereocenters. The Kier molecular flexibility index (Phi) is 1.89. The average molecular weight is 161 g/mol. The molecule has 1 nitrogen and oxygen atoms in total. The highest BCUT2D eigenvalue weighted by Gasteiger charge is 2.22. The van der Waals surface area contributed by atoms with Crippen LogP contribution in [0.15, 0.2) is 24.3 Å². The van der Waals surface area contributed by atoms with Crippen LogP contribution in [0.4, 0.5) is 0 Å². The quantitative estimate of drug-likeness (QED) is 0.708. The first-order valence-corrected chi connectivity index (χ1v) is 4.63. The van der Waals surface area contributed by atoms with Gasteiger partial charge in [-0.3, -0.25) is 0 Å². The zero-order valence-electron chi connectivity index (χ0n) is 7.46. The molecule has 1 saturated carbocycles. The van der Waals surface area contributed by atoms with Gasteiger partial charge in [0.2, 0.25) is 0 Å². The van der Waals surface area contributed by atoms with E-state index in [1.807, 2.05) is 6.92 Å². The molecule has 1 aliphatic rings. The van der Waals surface area contributed by atoms with Gasteiger partial charge in [-0.25, -0.2) is 0 Å². The number of hydrogen-bond acceptors (Lipinski definition) is 1. The standard InChI is InChI=1S/C11H15N/c1-8(12)9-2-4-10(5-3-9)11-6-7-11/h2-5,8,11H,6-7,12H2,1H3/t8-/m1/s1. The number of hydrogen-bond donors (Lipinski definition) is 1. The SMILES string of the molecule is C[C@@H](N)c1ccc(C2CC2)cc1. The van der Waals surface area contributed by atoms with Crippen LogP contribution in [-0.2, 0) is 0 Å². The molecule has 12 heavy (non-hydrogen) atoms. The summed E-state index contributed by atoms with van der Waals surface area (Å²) in [5.41, 5.74) is 8.48. The summed E-state index contributed by atoms with van der Waals surface area (Å²) in [6.07, 6.45) is 2.75. The first-order chi connectivity index (χ1) is 5.77. The molecule has 0 radical (unpaired) electrons. The molecule has 0 aromatic heterocycles. The van der Waals surface area contributed by atoms with Gasteiger partial charge in [-0.2, -0.15) is 0 Å². The van der Waals surface area contributed by atoms with Crippen LogP contribution in [0.1, 0.15) is 42.9 Å². The number of rotatable bonds is 2. The Bertz CT molecular complexity index is 236. The molecule has 1 atom stereocenters. The van der Waals surface area contributed by atoms with E-state index < -0.39 is 0 Å². The van der Waals surface area contributed by atoms with E-state index in [1.54, 1.807) is 0 Å². The van der Waals surface area contributed by atoms with Gasteiger partial charge in [-0.05, 0) is 36.8 Å². The van der Waals surface area contributed by atoms with Gasteiger partial charge in [0.25, 0.3) is 0 Å². The molecule has 64 valence electrons. The molecule has 0 saturated heterocycles. The minimum absolute atomic E-state index is 0.165. The molecule has 1 aromatic carbocycles. The molecule has 1 aromatic rings. The van der Waals surface area contributed by atoms with E-state index in [-0.39, 0.29) is 6.04 Å². The van der Waals surface area contributed by atoms with Crippen molar-refractivity contribution in [2.75, 3.05) is 0 Å². The highest BCUT2D eigenvalue weighted by Crippen LogP contribution is 2.40. The van der Waals surface area contributed by atoms with E-state index in [1.165, 1.54) is 24.0 Å². The Hall–Kier alpha value is -0.820. The van der Waals surface area contributed by atoms with E-state index in [2.05, 4.69) is 24.3 Å². The number of benzene rings is 1. The summed E-state index contributed by atoms with van der Waals surface area (Å²) in [6, 6.07) is 8.90. The Morgan fingerprint density at radius 2 is 1.83 bits per heavy atom. The van der Waals surface area contributed by atoms with E-state index in [9.17, 15) is 0 Å². The Balaban J connectivity index is 2.18. The lowest BCUT2D eigenvalue weighted by Gasteiger charge is -2.05. The second-order valence-corrected chi connectivity index (χ2v) is 3.73. The Labute approximate surface area is 73.6 Å². The van der Waals surface area contributed by atoms with E-state index in [4.69, 9.17) is 5.73 Å². The molecule has 0 aliphatic heterocycles. The summed E-state index contributed by atoms with van der Waals surface area (Å²) < 4.78 is 0. The van der Waals surface area contributed by atoms with Crippen LogP contribution >= 0.6 is 0 Å². The second-order valence-electron chi connectivity index (χ2n) is 3.73. The van der Waals surface area contributed by atoms with Crippen LogP contribution in [0.25, 0.3) is 0 Å². The van der Waals surface area contributed by atoms with Crippen LogP contribution in [0.3, 0.4) is 0 Å². The normalized spacial score (nSPS) is 19.2. The lowest BCUT2D eigenvalue weighted by molar-refractivity contribution is 0.817. The molecule has 0 spiro atoms. The molecule has 1 fully saturated rings. The highest BCUT2D eigenvalue weighted by molar-refractivity contribution is 5.29. The Morgan fingerprint density at radius 3 is 2.25 bits per heavy atom. The predicted molar refractivity (Wildman–Crippen MR) is 51.0 cm³/mol. The van der Waals surface area contributed by atoms with Gasteiger partial charge in [-0.15, -0.1) is 0 Å². The summed E-state index contributed by atoms with van der Waals surface area (Å²) >= 11 is 0. The molecule has 0 amide bonds. The van der Waals surface area contributed by atoms with Gasteiger partial charge in [0.1, 0.15) is 0 Å². The fourth-order valence-electron chi connectivity index (χ4n) is 1.49. The Morgan fingerprint density at radius 1 is 1.25 bits per heavy atom. The third-order valence-electron chi connectivity index (χ3n) is 2.51. The summed E-state index contributed by atoms with van der Waals surface area (Å²) in [5, 5.41) is 0. The topological polar surface area (TPSA) is 26.0 Å². The van der Waals surface area contributed by atoms with Crippen molar-refractivity contribution in [3.05, 3.63) is 35.4 Å². The van der Waals surface area contributed by atoms with Gasteiger partial charge in [-0.1, -0.05) is 24.3 Å². The van der Waals surface area contributed by atoms with Crippen molar-refractivity contribution < 1.29 is 0 Å². The van der Waals surface area contributed by atoms with E-state index in [0.717, 1.165) is 5.92 Å². The number of nitrogens with two attached hydrogens (primary N) is 1. The summed E-state index contributed by atoms with van der Waals surface area (Å²) in [6.45, 7) is 2.02. The van der Waals surface area contributed by atoms with Crippen molar-refractivity contribution in [3.63, 3.8) is 0 Å². The predicted octanol–water partition coefficient (Wildman–Crippen LogP) is 2.58. The molecular weight excluding hydrogens is 146 g/mol. The first-order valence-electron chi connectivity index (χ1n) is 4.63. The van der Waals surface area contributed by atoms with Gasteiger partial charge in [0.15, 0.2) is 0 Å². The largest absolute Gasteiger partial charge is 0.324 e. The van der Waals surface area contributed by atoms with Gasteiger partial charge in [0.05, 0.1) is 0 Å². The zero-order valence-corrected chi connectivity index (χ0v) is 7.46. The van der Waals surface area contributed by atoms with Crippen LogP contribution in [0.5, 0.6) is 0 Å². The summed E-state index contributed by atoms with van der Waals surface area (Å²) in [7, 11) is 0. The van der Waals surface area contributed by atoms with Crippen molar-refractivity contribution in [3.8, 4) is 0 Å². The van der Waals surface area contributed by atoms with Gasteiger partial charge in [0, 0.05) is 6.04 Å². The fourth-order valence-corrected chi connectivity index (χ4v) is 1.49. The van der Waals surface area contributed by atoms with Crippen LogP contribution in [0.2, 0.25) is 0 Å². The minimum atomic E-state index is 0.165. The smallest absolute Gasteiger partial charge is 0.0266 e. The maximum Gasteiger partial charge on any atom is 0.0266 e. The second kappa shape index (κ2) is 2.91. The van der Waals surface area contributed by atoms with Crippen molar-refractivity contribution in [2.24, 2.45) is 5.73 Å².